The lowest BCUT2D eigenvalue weighted by molar-refractivity contribution is -0.146. The minimum Gasteiger partial charge on any atom is -0.491 e. The SMILES string of the molecule is COC(=O)C1CCCN1Cc1ccc(C(=O)C2(c3ccc(C(F)(F)F)cc3OC(C)C)NC(c3ccc(Cl)cc3)C(c3ccc(Cl)cc3)N2)cc1. The third-order valence-electron chi connectivity index (χ3n) is 9.39. The summed E-state index contributed by atoms with van der Waals surface area (Å²) in [6.45, 7) is 4.65. The Morgan fingerprint density at radius 1 is 0.882 bits per heavy atom. The van der Waals surface area contributed by atoms with Gasteiger partial charge in [-0.2, -0.15) is 13.2 Å². The molecule has 0 spiro atoms. The molecule has 2 saturated heterocycles. The number of alkyl halides is 3. The Morgan fingerprint density at radius 3 is 1.96 bits per heavy atom. The highest BCUT2D eigenvalue weighted by Crippen LogP contribution is 2.46. The summed E-state index contributed by atoms with van der Waals surface area (Å²) in [6.07, 6.45) is -3.57. The first-order chi connectivity index (χ1) is 24.3. The van der Waals surface area contributed by atoms with E-state index >= 15 is 4.79 Å². The first-order valence-electron chi connectivity index (χ1n) is 16.7. The first-order valence-corrected chi connectivity index (χ1v) is 17.4. The van der Waals surface area contributed by atoms with Crippen LogP contribution in [0.4, 0.5) is 13.2 Å². The molecule has 51 heavy (non-hydrogen) atoms. The van der Waals surface area contributed by atoms with Crippen LogP contribution in [-0.2, 0) is 27.9 Å². The van der Waals surface area contributed by atoms with E-state index in [0.717, 1.165) is 41.8 Å². The molecule has 0 saturated carbocycles. The standard InChI is InChI=1S/C39H38Cl2F3N3O4/c1-23(2)51-33-21-28(39(42,43)44)14-19-31(33)38(36(48)27-8-6-24(7-9-27)22-47-20-4-5-32(47)37(49)50-3)45-34(25-10-15-29(40)16-11-25)35(46-38)26-12-17-30(41)18-13-26/h6-19,21,23,32,34-35,45-46H,4-5,20,22H2,1-3H3. The number of likely N-dealkylation sites (tertiary alicyclic amines) is 1. The van der Waals surface area contributed by atoms with E-state index in [1.807, 2.05) is 36.4 Å². The predicted molar refractivity (Wildman–Crippen MR) is 190 cm³/mol. The van der Waals surface area contributed by atoms with Crippen LogP contribution in [0.25, 0.3) is 0 Å². The quantitative estimate of drug-likeness (QED) is 0.125. The average Bonchev–Trinajstić information content (AvgIpc) is 3.74. The van der Waals surface area contributed by atoms with Crippen LogP contribution in [0.5, 0.6) is 5.75 Å². The Labute approximate surface area is 305 Å². The number of ether oxygens (including phenoxy) is 2. The van der Waals surface area contributed by atoms with Gasteiger partial charge in [0, 0.05) is 27.7 Å². The van der Waals surface area contributed by atoms with Crippen molar-refractivity contribution >= 4 is 35.0 Å². The van der Waals surface area contributed by atoms with E-state index in [0.29, 0.717) is 28.6 Å². The van der Waals surface area contributed by atoms with Gasteiger partial charge in [0.2, 0.25) is 5.78 Å². The van der Waals surface area contributed by atoms with Gasteiger partial charge in [-0.1, -0.05) is 77.8 Å². The molecule has 4 aromatic carbocycles. The average molecular weight is 741 g/mol. The van der Waals surface area contributed by atoms with Gasteiger partial charge < -0.3 is 9.47 Å². The van der Waals surface area contributed by atoms with E-state index in [1.54, 1.807) is 50.2 Å². The summed E-state index contributed by atoms with van der Waals surface area (Å²) < 4.78 is 53.1. The fourth-order valence-electron chi connectivity index (χ4n) is 6.97. The van der Waals surface area contributed by atoms with Crippen LogP contribution in [0.3, 0.4) is 0 Å². The molecule has 0 aromatic heterocycles. The van der Waals surface area contributed by atoms with Crippen molar-refractivity contribution in [2.75, 3.05) is 13.7 Å². The smallest absolute Gasteiger partial charge is 0.416 e. The number of halogens is 5. The molecule has 268 valence electrons. The Kier molecular flexibility index (Phi) is 10.8. The van der Waals surface area contributed by atoms with Gasteiger partial charge in [-0.05, 0) is 86.3 Å². The second-order valence-electron chi connectivity index (χ2n) is 13.2. The summed E-state index contributed by atoms with van der Waals surface area (Å²) in [5, 5.41) is 8.11. The molecule has 2 N–H and O–H groups in total. The van der Waals surface area contributed by atoms with Gasteiger partial charge in [-0.15, -0.1) is 0 Å². The third kappa shape index (κ3) is 7.80. The van der Waals surface area contributed by atoms with Gasteiger partial charge in [0.05, 0.1) is 30.9 Å². The van der Waals surface area contributed by atoms with E-state index in [1.165, 1.54) is 13.2 Å². The fourth-order valence-corrected chi connectivity index (χ4v) is 7.22. The van der Waals surface area contributed by atoms with Gasteiger partial charge in [-0.25, -0.2) is 0 Å². The van der Waals surface area contributed by atoms with Crippen LogP contribution in [0.2, 0.25) is 10.0 Å². The summed E-state index contributed by atoms with van der Waals surface area (Å²) in [5.74, 6) is -0.785. The van der Waals surface area contributed by atoms with Crippen molar-refractivity contribution in [3.63, 3.8) is 0 Å². The summed E-state index contributed by atoms with van der Waals surface area (Å²) >= 11 is 12.5. The fraction of sp³-hybridized carbons (Fsp3) is 0.333. The summed E-state index contributed by atoms with van der Waals surface area (Å²) in [5.41, 5.74) is 0.331. The zero-order valence-corrected chi connectivity index (χ0v) is 29.8. The van der Waals surface area contributed by atoms with Crippen LogP contribution < -0.4 is 15.4 Å². The number of benzene rings is 4. The highest BCUT2D eigenvalue weighted by atomic mass is 35.5. The molecule has 2 fully saturated rings. The number of Topliss-reactive ketones (excluding diaryl/α,β-unsaturated/α-hetero) is 1. The normalized spacial score (nSPS) is 22.3. The number of carbonyl (C=O) groups excluding carboxylic acids is 2. The topological polar surface area (TPSA) is 79.9 Å². The van der Waals surface area contributed by atoms with Crippen molar-refractivity contribution in [1.29, 1.82) is 0 Å². The molecule has 6 rings (SSSR count). The molecule has 2 aliphatic rings. The second-order valence-corrected chi connectivity index (χ2v) is 14.0. The Balaban J connectivity index is 1.47. The molecular weight excluding hydrogens is 702 g/mol. The lowest BCUT2D eigenvalue weighted by atomic mass is 9.88. The minimum atomic E-state index is -4.64. The van der Waals surface area contributed by atoms with Crippen LogP contribution in [0.1, 0.15) is 76.9 Å². The minimum absolute atomic E-state index is 0.0840. The number of ketones is 1. The highest BCUT2D eigenvalue weighted by molar-refractivity contribution is 6.30. The maximum atomic E-state index is 15.1. The summed E-state index contributed by atoms with van der Waals surface area (Å²) in [6, 6.07) is 23.2. The maximum Gasteiger partial charge on any atom is 0.416 e. The lowest BCUT2D eigenvalue weighted by Crippen LogP contribution is -2.53. The molecule has 7 nitrogen and oxygen atoms in total. The Bertz CT molecular complexity index is 1820. The number of nitrogens with one attached hydrogen (secondary N) is 2. The van der Waals surface area contributed by atoms with Gasteiger partial charge in [-0.3, -0.25) is 25.1 Å². The Morgan fingerprint density at radius 2 is 1.45 bits per heavy atom. The molecule has 0 bridgehead atoms. The van der Waals surface area contributed by atoms with E-state index in [2.05, 4.69) is 15.5 Å². The monoisotopic (exact) mass is 739 g/mol. The van der Waals surface area contributed by atoms with Crippen LogP contribution in [0, 0.1) is 0 Å². The van der Waals surface area contributed by atoms with Crippen molar-refractivity contribution in [3.8, 4) is 5.75 Å². The van der Waals surface area contributed by atoms with Gasteiger partial charge >= 0.3 is 12.1 Å². The molecule has 2 aliphatic heterocycles. The lowest BCUT2D eigenvalue weighted by Gasteiger charge is -2.32. The van der Waals surface area contributed by atoms with Crippen molar-refractivity contribution in [2.24, 2.45) is 0 Å². The van der Waals surface area contributed by atoms with Crippen molar-refractivity contribution < 1.29 is 32.2 Å². The van der Waals surface area contributed by atoms with Crippen molar-refractivity contribution in [1.82, 2.24) is 15.5 Å². The maximum absolute atomic E-state index is 15.1. The first kappa shape index (κ1) is 36.8. The van der Waals surface area contributed by atoms with Gasteiger partial charge in [0.25, 0.3) is 0 Å². The van der Waals surface area contributed by atoms with Crippen molar-refractivity contribution in [2.45, 2.75) is 69.3 Å². The third-order valence-corrected chi connectivity index (χ3v) is 9.89. The second kappa shape index (κ2) is 15.0. The number of hydrogen-bond donors (Lipinski definition) is 2. The zero-order chi connectivity index (χ0) is 36.5. The number of hydrogen-bond acceptors (Lipinski definition) is 7. The number of rotatable bonds is 10. The van der Waals surface area contributed by atoms with Gasteiger partial charge in [0.1, 0.15) is 11.8 Å². The number of esters is 1. The van der Waals surface area contributed by atoms with E-state index in [4.69, 9.17) is 32.7 Å². The molecule has 0 radical (unpaired) electrons. The largest absolute Gasteiger partial charge is 0.491 e. The molecule has 0 amide bonds. The summed E-state index contributed by atoms with van der Waals surface area (Å²) in [7, 11) is 1.38. The summed E-state index contributed by atoms with van der Waals surface area (Å²) in [4.78, 5) is 29.5. The van der Waals surface area contributed by atoms with Crippen molar-refractivity contribution in [3.05, 3.63) is 134 Å². The molecular formula is C39H38Cl2F3N3O4. The van der Waals surface area contributed by atoms with Crippen LogP contribution >= 0.6 is 23.2 Å². The van der Waals surface area contributed by atoms with Crippen LogP contribution in [-0.4, -0.2) is 42.5 Å². The molecule has 12 heteroatoms. The van der Waals surface area contributed by atoms with E-state index in [9.17, 15) is 18.0 Å². The van der Waals surface area contributed by atoms with E-state index in [-0.39, 0.29) is 23.3 Å². The predicted octanol–water partition coefficient (Wildman–Crippen LogP) is 8.65. The molecule has 3 atom stereocenters. The molecule has 4 aromatic rings. The molecule has 0 aliphatic carbocycles. The van der Waals surface area contributed by atoms with Gasteiger partial charge in [0.15, 0.2) is 5.66 Å². The number of nitrogens with zero attached hydrogens (tertiary/aromatic N) is 1. The van der Waals surface area contributed by atoms with E-state index < -0.39 is 41.4 Å². The molecule has 2 heterocycles. The van der Waals surface area contributed by atoms with Crippen LogP contribution in [0.15, 0.2) is 91.0 Å². The zero-order valence-electron chi connectivity index (χ0n) is 28.3. The number of methoxy groups -OCH3 is 1. The highest BCUT2D eigenvalue weighted by Gasteiger charge is 2.53. The molecule has 3 unspecified atom stereocenters. The number of carbonyl (C=O) groups is 2. The Hall–Kier alpha value is -3.93.